The number of hydrogen-bond acceptors (Lipinski definition) is 5. The van der Waals surface area contributed by atoms with Crippen LogP contribution in [0.15, 0.2) is 9.98 Å². The molecule has 0 bridgehead atoms. The number of aromatic nitrogens is 2. The van der Waals surface area contributed by atoms with Crippen molar-refractivity contribution in [2.24, 2.45) is 9.98 Å². The van der Waals surface area contributed by atoms with Gasteiger partial charge in [0.15, 0.2) is 0 Å². The molecule has 0 fully saturated rings. The third-order valence-corrected chi connectivity index (χ3v) is 1.72. The molecular weight excluding hydrogens is 238 g/mol. The van der Waals surface area contributed by atoms with Crippen LogP contribution in [0.1, 0.15) is 0 Å². The Balaban J connectivity index is 3.11. The highest BCUT2D eigenvalue weighted by Gasteiger charge is 2.23. The van der Waals surface area contributed by atoms with Crippen LogP contribution in [0.3, 0.4) is 0 Å². The van der Waals surface area contributed by atoms with E-state index >= 15 is 0 Å². The molecule has 1 heterocycles. The smallest absolute Gasteiger partial charge is 0.359 e. The zero-order valence-corrected chi connectivity index (χ0v) is 10.7. The van der Waals surface area contributed by atoms with Crippen LogP contribution in [0.2, 0.25) is 0 Å². The van der Waals surface area contributed by atoms with E-state index in [0.717, 1.165) is 0 Å². The molecule has 0 unspecified atom stereocenters. The van der Waals surface area contributed by atoms with Crippen molar-refractivity contribution in [1.82, 2.24) is 20.0 Å². The lowest BCUT2D eigenvalue weighted by Crippen LogP contribution is -2.07. The third-order valence-electron chi connectivity index (χ3n) is 1.72. The van der Waals surface area contributed by atoms with Gasteiger partial charge in [-0.15, -0.1) is 5.10 Å². The highest BCUT2D eigenvalue weighted by atomic mass is 16.6. The molecule has 0 saturated heterocycles. The lowest BCUT2D eigenvalue weighted by atomic mass is 10.5. The summed E-state index contributed by atoms with van der Waals surface area (Å²) < 4.78 is 0. The maximum Gasteiger partial charge on any atom is 0.359 e. The van der Waals surface area contributed by atoms with E-state index in [0.29, 0.717) is 0 Å². The number of aromatic amines is 1. The fourth-order valence-corrected chi connectivity index (χ4v) is 1.01. The van der Waals surface area contributed by atoms with E-state index in [-0.39, 0.29) is 17.3 Å². The normalized spacial score (nSPS) is 11.3. The minimum absolute atomic E-state index is 0.000365. The summed E-state index contributed by atoms with van der Waals surface area (Å²) in [5.41, 5.74) is -0.244. The molecule has 9 nitrogen and oxygen atoms in total. The van der Waals surface area contributed by atoms with Gasteiger partial charge in [-0.3, -0.25) is 15.2 Å². The first-order valence-corrected chi connectivity index (χ1v) is 5.05. The van der Waals surface area contributed by atoms with Gasteiger partial charge in [0.2, 0.25) is 5.82 Å². The lowest BCUT2D eigenvalue weighted by Gasteiger charge is -2.01. The van der Waals surface area contributed by atoms with E-state index in [4.69, 9.17) is 0 Å². The molecule has 0 aliphatic heterocycles. The van der Waals surface area contributed by atoms with Crippen LogP contribution in [0.5, 0.6) is 0 Å². The van der Waals surface area contributed by atoms with Crippen molar-refractivity contribution < 1.29 is 4.92 Å². The van der Waals surface area contributed by atoms with E-state index in [1.54, 1.807) is 38.0 Å². The number of aliphatic imine (C=N–C) groups is 2. The van der Waals surface area contributed by atoms with Gasteiger partial charge in [0.05, 0.1) is 17.6 Å². The van der Waals surface area contributed by atoms with Gasteiger partial charge in [-0.1, -0.05) is 0 Å². The number of rotatable bonds is 5. The molecule has 98 valence electrons. The van der Waals surface area contributed by atoms with Crippen molar-refractivity contribution in [2.45, 2.75) is 0 Å². The summed E-state index contributed by atoms with van der Waals surface area (Å²) in [6.45, 7) is 0. The third kappa shape index (κ3) is 3.54. The van der Waals surface area contributed by atoms with Gasteiger partial charge in [0.25, 0.3) is 5.82 Å². The predicted molar refractivity (Wildman–Crippen MR) is 68.9 cm³/mol. The number of nitrogens with one attached hydrogen (secondary N) is 1. The van der Waals surface area contributed by atoms with Crippen LogP contribution >= 0.6 is 0 Å². The molecule has 0 radical (unpaired) electrons. The Kier molecular flexibility index (Phi) is 4.35. The molecule has 9 heteroatoms. The van der Waals surface area contributed by atoms with Crippen LogP contribution in [-0.4, -0.2) is 65.8 Å². The summed E-state index contributed by atoms with van der Waals surface area (Å²) in [7, 11) is 7.04. The Morgan fingerprint density at radius 2 is 1.78 bits per heavy atom. The first kappa shape index (κ1) is 13.6. The van der Waals surface area contributed by atoms with E-state index in [1.165, 1.54) is 12.7 Å². The number of nitro groups is 1. The van der Waals surface area contributed by atoms with Crippen molar-refractivity contribution in [2.75, 3.05) is 28.2 Å². The van der Waals surface area contributed by atoms with Gasteiger partial charge in [-0.05, 0) is 0 Å². The molecular formula is C9H15N7O2. The summed E-state index contributed by atoms with van der Waals surface area (Å²) in [6, 6.07) is 0. The van der Waals surface area contributed by atoms with Crippen LogP contribution in [0.25, 0.3) is 0 Å². The fourth-order valence-electron chi connectivity index (χ4n) is 1.01. The van der Waals surface area contributed by atoms with Crippen LogP contribution in [-0.2, 0) is 0 Å². The molecule has 0 saturated carbocycles. The Morgan fingerprint density at radius 1 is 1.22 bits per heavy atom. The second-order valence-corrected chi connectivity index (χ2v) is 3.92. The zero-order valence-electron chi connectivity index (χ0n) is 10.7. The van der Waals surface area contributed by atoms with E-state index in [1.807, 2.05) is 0 Å². The Bertz CT molecular complexity index is 440. The van der Waals surface area contributed by atoms with Gasteiger partial charge < -0.3 is 9.80 Å². The minimum atomic E-state index is -0.561. The molecule has 0 spiro atoms. The molecule has 1 aromatic rings. The molecule has 18 heavy (non-hydrogen) atoms. The van der Waals surface area contributed by atoms with Crippen LogP contribution in [0.4, 0.5) is 17.3 Å². The number of nitrogens with zero attached hydrogens (tertiary/aromatic N) is 6. The monoisotopic (exact) mass is 253 g/mol. The molecule has 1 aromatic heterocycles. The topological polar surface area (TPSA) is 103 Å². The summed E-state index contributed by atoms with van der Waals surface area (Å²) in [6.07, 6.45) is 2.88. The van der Waals surface area contributed by atoms with Gasteiger partial charge in [0, 0.05) is 28.2 Å². The van der Waals surface area contributed by atoms with Crippen LogP contribution < -0.4 is 0 Å². The fraction of sp³-hybridized carbons (Fsp3) is 0.444. The maximum absolute atomic E-state index is 11.0. The second-order valence-electron chi connectivity index (χ2n) is 3.92. The van der Waals surface area contributed by atoms with Gasteiger partial charge in [0.1, 0.15) is 0 Å². The standard InChI is InChI=1S/C9H15N7O2/c1-14(2)5-10-8-7(16(17)18)9(13-12-8)11-6-15(3)4/h5-6H,1-4H3,(H,12,13)/b10-5+,11-6?. The summed E-state index contributed by atoms with van der Waals surface area (Å²) >= 11 is 0. The van der Waals surface area contributed by atoms with E-state index in [2.05, 4.69) is 20.2 Å². The van der Waals surface area contributed by atoms with Crippen molar-refractivity contribution in [3.05, 3.63) is 10.1 Å². The quantitative estimate of drug-likeness (QED) is 0.361. The summed E-state index contributed by atoms with van der Waals surface area (Å²) in [5.74, 6) is 0.0687. The van der Waals surface area contributed by atoms with Crippen molar-refractivity contribution in [3.63, 3.8) is 0 Å². The maximum atomic E-state index is 11.0. The summed E-state index contributed by atoms with van der Waals surface area (Å²) in [5, 5.41) is 17.2. The largest absolute Gasteiger partial charge is 0.369 e. The first-order valence-electron chi connectivity index (χ1n) is 5.05. The molecule has 0 aliphatic carbocycles. The predicted octanol–water partition coefficient (Wildman–Crippen LogP) is 0.761. The lowest BCUT2D eigenvalue weighted by molar-refractivity contribution is -0.383. The molecule has 1 rings (SSSR count). The molecule has 1 N–H and O–H groups in total. The van der Waals surface area contributed by atoms with Gasteiger partial charge >= 0.3 is 5.69 Å². The number of hydrogen-bond donors (Lipinski definition) is 1. The highest BCUT2D eigenvalue weighted by Crippen LogP contribution is 2.33. The average molecular weight is 253 g/mol. The van der Waals surface area contributed by atoms with Crippen LogP contribution in [0, 0.1) is 10.1 Å². The average Bonchev–Trinajstić information content (AvgIpc) is 2.66. The summed E-state index contributed by atoms with van der Waals surface area (Å²) in [4.78, 5) is 21.5. The van der Waals surface area contributed by atoms with Crippen molar-refractivity contribution in [1.29, 1.82) is 0 Å². The van der Waals surface area contributed by atoms with Crippen molar-refractivity contribution >= 4 is 30.0 Å². The Labute approximate surface area is 104 Å². The Morgan fingerprint density at radius 3 is 2.28 bits per heavy atom. The van der Waals surface area contributed by atoms with Crippen molar-refractivity contribution in [3.8, 4) is 0 Å². The Hall–Kier alpha value is -2.45. The SMILES string of the molecule is CN(C)C=Nc1n[nH]c(/N=C/N(C)C)c1[N+](=O)[O-]. The van der Waals surface area contributed by atoms with E-state index < -0.39 is 4.92 Å². The molecule has 0 aliphatic rings. The number of H-pyrrole nitrogens is 1. The minimum Gasteiger partial charge on any atom is -0.369 e. The highest BCUT2D eigenvalue weighted by molar-refractivity contribution is 5.73. The zero-order chi connectivity index (χ0) is 13.7. The second kappa shape index (κ2) is 5.75. The molecule has 0 atom stereocenters. The van der Waals surface area contributed by atoms with Gasteiger partial charge in [-0.25, -0.2) is 9.98 Å². The first-order chi connectivity index (χ1) is 8.41. The molecule has 0 aromatic carbocycles. The molecule has 0 amide bonds. The van der Waals surface area contributed by atoms with E-state index in [9.17, 15) is 10.1 Å². The van der Waals surface area contributed by atoms with Gasteiger partial charge in [-0.2, -0.15) is 0 Å².